The molecule has 1 aromatic heterocycles. The van der Waals surface area contributed by atoms with Gasteiger partial charge in [-0.3, -0.25) is 0 Å². The smallest absolute Gasteiger partial charge is 0.0992 e. The minimum Gasteiger partial charge on any atom is -0.317 e. The van der Waals surface area contributed by atoms with Crippen molar-refractivity contribution in [3.63, 3.8) is 0 Å². The van der Waals surface area contributed by atoms with Gasteiger partial charge in [-0.1, -0.05) is 26.8 Å². The van der Waals surface area contributed by atoms with E-state index in [2.05, 4.69) is 44.3 Å². The van der Waals surface area contributed by atoms with Crippen molar-refractivity contribution in [2.75, 3.05) is 13.1 Å². The van der Waals surface area contributed by atoms with E-state index in [4.69, 9.17) is 4.98 Å². The molecule has 1 saturated heterocycles. The van der Waals surface area contributed by atoms with Crippen LogP contribution in [0.15, 0.2) is 18.2 Å². The first-order valence-electron chi connectivity index (χ1n) is 7.16. The summed E-state index contributed by atoms with van der Waals surface area (Å²) in [5.41, 5.74) is 2.81. The summed E-state index contributed by atoms with van der Waals surface area (Å²) in [4.78, 5) is 4.84. The molecule has 1 aliphatic heterocycles. The second kappa shape index (κ2) is 4.88. The summed E-state index contributed by atoms with van der Waals surface area (Å²) < 4.78 is 1.32. The molecular weight excluding hydrogens is 252 g/mol. The Balaban J connectivity index is 1.96. The molecule has 0 saturated carbocycles. The van der Waals surface area contributed by atoms with Gasteiger partial charge in [-0.2, -0.15) is 0 Å². The highest BCUT2D eigenvalue weighted by Gasteiger charge is 2.20. The van der Waals surface area contributed by atoms with Crippen molar-refractivity contribution in [3.8, 4) is 0 Å². The first-order valence-corrected chi connectivity index (χ1v) is 7.97. The summed E-state index contributed by atoms with van der Waals surface area (Å²) in [6, 6.07) is 6.89. The van der Waals surface area contributed by atoms with Crippen LogP contribution in [0, 0.1) is 0 Å². The minimum absolute atomic E-state index is 0.151. The Bertz CT molecular complexity index is 574. The van der Waals surface area contributed by atoms with Crippen LogP contribution in [-0.4, -0.2) is 18.1 Å². The molecule has 3 heteroatoms. The third kappa shape index (κ3) is 2.67. The van der Waals surface area contributed by atoms with Crippen molar-refractivity contribution < 1.29 is 0 Å². The Morgan fingerprint density at radius 2 is 1.95 bits per heavy atom. The molecule has 1 N–H and O–H groups in total. The Morgan fingerprint density at radius 1 is 1.21 bits per heavy atom. The highest BCUT2D eigenvalue weighted by atomic mass is 32.1. The van der Waals surface area contributed by atoms with Crippen LogP contribution in [0.3, 0.4) is 0 Å². The monoisotopic (exact) mass is 274 g/mol. The number of nitrogens with zero attached hydrogens (tertiary/aromatic N) is 1. The van der Waals surface area contributed by atoms with E-state index in [0.717, 1.165) is 13.1 Å². The lowest BCUT2D eigenvalue weighted by atomic mass is 9.90. The average molecular weight is 274 g/mol. The average Bonchev–Trinajstić information content (AvgIpc) is 2.82. The van der Waals surface area contributed by atoms with Crippen molar-refractivity contribution in [2.45, 2.75) is 44.9 Å². The molecule has 3 rings (SSSR count). The van der Waals surface area contributed by atoms with E-state index in [9.17, 15) is 0 Å². The molecule has 0 radical (unpaired) electrons. The maximum absolute atomic E-state index is 4.84. The molecule has 1 aromatic carbocycles. The molecule has 0 spiro atoms. The van der Waals surface area contributed by atoms with E-state index in [1.807, 2.05) is 11.3 Å². The number of piperidine rings is 1. The van der Waals surface area contributed by atoms with Crippen LogP contribution in [0.1, 0.15) is 50.1 Å². The van der Waals surface area contributed by atoms with Crippen LogP contribution in [0.25, 0.3) is 10.2 Å². The SMILES string of the molecule is CC(C)(C)c1nc2cc(C3CCNCC3)ccc2s1. The summed E-state index contributed by atoms with van der Waals surface area (Å²) in [6.45, 7) is 9.00. The Morgan fingerprint density at radius 3 is 2.63 bits per heavy atom. The van der Waals surface area contributed by atoms with Gasteiger partial charge in [0.2, 0.25) is 0 Å². The van der Waals surface area contributed by atoms with Crippen molar-refractivity contribution in [2.24, 2.45) is 0 Å². The lowest BCUT2D eigenvalue weighted by Crippen LogP contribution is -2.26. The summed E-state index contributed by atoms with van der Waals surface area (Å²) in [6.07, 6.45) is 2.50. The van der Waals surface area contributed by atoms with Gasteiger partial charge < -0.3 is 5.32 Å². The van der Waals surface area contributed by atoms with Gasteiger partial charge in [0, 0.05) is 5.41 Å². The van der Waals surface area contributed by atoms with Crippen LogP contribution in [0.5, 0.6) is 0 Å². The number of aromatic nitrogens is 1. The lowest BCUT2D eigenvalue weighted by molar-refractivity contribution is 0.460. The predicted octanol–water partition coefficient (Wildman–Crippen LogP) is 4.06. The molecule has 2 nitrogen and oxygen atoms in total. The molecule has 19 heavy (non-hydrogen) atoms. The second-order valence-corrected chi connectivity index (χ2v) is 7.55. The molecule has 2 aromatic rings. The number of thiazole rings is 1. The van der Waals surface area contributed by atoms with Gasteiger partial charge in [-0.15, -0.1) is 11.3 Å². The summed E-state index contributed by atoms with van der Waals surface area (Å²) in [5, 5.41) is 4.67. The second-order valence-electron chi connectivity index (χ2n) is 6.52. The highest BCUT2D eigenvalue weighted by molar-refractivity contribution is 7.18. The molecule has 0 bridgehead atoms. The third-order valence-electron chi connectivity index (χ3n) is 3.86. The van der Waals surface area contributed by atoms with Crippen LogP contribution in [-0.2, 0) is 5.41 Å². The fourth-order valence-electron chi connectivity index (χ4n) is 2.67. The van der Waals surface area contributed by atoms with Crippen molar-refractivity contribution in [3.05, 3.63) is 28.8 Å². The largest absolute Gasteiger partial charge is 0.317 e. The molecule has 102 valence electrons. The summed E-state index contributed by atoms with van der Waals surface area (Å²) >= 11 is 1.84. The number of hydrogen-bond donors (Lipinski definition) is 1. The fourth-order valence-corrected chi connectivity index (χ4v) is 3.68. The number of benzene rings is 1. The maximum atomic E-state index is 4.84. The zero-order valence-electron chi connectivity index (χ0n) is 12.0. The van der Waals surface area contributed by atoms with E-state index in [1.54, 1.807) is 0 Å². The van der Waals surface area contributed by atoms with Gasteiger partial charge in [-0.25, -0.2) is 4.98 Å². The summed E-state index contributed by atoms with van der Waals surface area (Å²) in [7, 11) is 0. The number of nitrogens with one attached hydrogen (secondary N) is 1. The van der Waals surface area contributed by atoms with E-state index in [0.29, 0.717) is 5.92 Å². The first-order chi connectivity index (χ1) is 9.04. The van der Waals surface area contributed by atoms with E-state index >= 15 is 0 Å². The lowest BCUT2D eigenvalue weighted by Gasteiger charge is -2.22. The molecular formula is C16H22N2S. The molecule has 1 aliphatic rings. The van der Waals surface area contributed by atoms with Gasteiger partial charge >= 0.3 is 0 Å². The van der Waals surface area contributed by atoms with E-state index in [1.165, 1.54) is 33.6 Å². The zero-order chi connectivity index (χ0) is 13.5. The molecule has 2 heterocycles. The Hall–Kier alpha value is -0.930. The quantitative estimate of drug-likeness (QED) is 0.848. The normalized spacial score (nSPS) is 18.1. The van der Waals surface area contributed by atoms with Gasteiger partial charge in [0.25, 0.3) is 0 Å². The standard InChI is InChI=1S/C16H22N2S/c1-16(2,3)15-18-13-10-12(4-5-14(13)19-15)11-6-8-17-9-7-11/h4-5,10-11,17H,6-9H2,1-3H3. The van der Waals surface area contributed by atoms with Crippen molar-refractivity contribution in [1.29, 1.82) is 0 Å². The molecule has 0 atom stereocenters. The van der Waals surface area contributed by atoms with Crippen molar-refractivity contribution >= 4 is 21.6 Å². The number of hydrogen-bond acceptors (Lipinski definition) is 3. The van der Waals surface area contributed by atoms with Crippen LogP contribution < -0.4 is 5.32 Å². The third-order valence-corrected chi connectivity index (χ3v) is 5.33. The number of rotatable bonds is 1. The topological polar surface area (TPSA) is 24.9 Å². The molecule has 0 amide bonds. The van der Waals surface area contributed by atoms with E-state index in [-0.39, 0.29) is 5.41 Å². The van der Waals surface area contributed by atoms with Gasteiger partial charge in [0.1, 0.15) is 0 Å². The Kier molecular flexibility index (Phi) is 3.35. The van der Waals surface area contributed by atoms with Gasteiger partial charge in [0.05, 0.1) is 15.2 Å². The molecule has 0 aliphatic carbocycles. The van der Waals surface area contributed by atoms with Gasteiger partial charge in [0.15, 0.2) is 0 Å². The highest BCUT2D eigenvalue weighted by Crippen LogP contribution is 2.34. The van der Waals surface area contributed by atoms with Crippen LogP contribution >= 0.6 is 11.3 Å². The van der Waals surface area contributed by atoms with Gasteiger partial charge in [-0.05, 0) is 49.5 Å². The molecule has 1 fully saturated rings. The first kappa shape index (κ1) is 13.1. The fraction of sp³-hybridized carbons (Fsp3) is 0.562. The zero-order valence-corrected chi connectivity index (χ0v) is 12.8. The van der Waals surface area contributed by atoms with Crippen LogP contribution in [0.4, 0.5) is 0 Å². The van der Waals surface area contributed by atoms with Crippen LogP contribution in [0.2, 0.25) is 0 Å². The Labute approximate surface area is 119 Å². The number of fused-ring (bicyclic) bond motifs is 1. The predicted molar refractivity (Wildman–Crippen MR) is 83.2 cm³/mol. The molecule has 0 unspecified atom stereocenters. The summed E-state index contributed by atoms with van der Waals surface area (Å²) in [5.74, 6) is 0.713. The minimum atomic E-state index is 0.151. The van der Waals surface area contributed by atoms with Crippen molar-refractivity contribution in [1.82, 2.24) is 10.3 Å². The maximum Gasteiger partial charge on any atom is 0.0992 e. The van der Waals surface area contributed by atoms with E-state index < -0.39 is 0 Å².